The molecule has 1 saturated carbocycles. The molecule has 2 atom stereocenters. The van der Waals surface area contributed by atoms with Crippen LogP contribution in [0.4, 0.5) is 0 Å². The van der Waals surface area contributed by atoms with Gasteiger partial charge in [-0.05, 0) is 25.2 Å². The Morgan fingerprint density at radius 1 is 1.33 bits per heavy atom. The highest BCUT2D eigenvalue weighted by atomic mass is 32.1. The Morgan fingerprint density at radius 2 is 2.06 bits per heavy atom. The second-order valence-electron chi connectivity index (χ2n) is 6.98. The quantitative estimate of drug-likeness (QED) is 0.774. The lowest BCUT2D eigenvalue weighted by Crippen LogP contribution is -2.36. The third-order valence-electron chi connectivity index (χ3n) is 4.10. The molecule has 0 radical (unpaired) electrons. The standard InChI is InChI=1S/C15H26N2S/c1-11-6-5-8-15(16,9-7-11)13-17-12(10-18-13)14(2,3)4/h10-11H,5-9,16H2,1-4H3. The summed E-state index contributed by atoms with van der Waals surface area (Å²) in [5.41, 5.74) is 7.79. The molecule has 0 amide bonds. The van der Waals surface area contributed by atoms with Gasteiger partial charge in [0.15, 0.2) is 0 Å². The highest BCUT2D eigenvalue weighted by Crippen LogP contribution is 2.38. The van der Waals surface area contributed by atoms with Gasteiger partial charge in [0, 0.05) is 10.8 Å². The summed E-state index contributed by atoms with van der Waals surface area (Å²) in [7, 11) is 0. The van der Waals surface area contributed by atoms with E-state index >= 15 is 0 Å². The zero-order chi connectivity index (χ0) is 13.4. The maximum absolute atomic E-state index is 6.65. The molecule has 2 nitrogen and oxygen atoms in total. The first kappa shape index (κ1) is 14.0. The molecule has 18 heavy (non-hydrogen) atoms. The predicted molar refractivity (Wildman–Crippen MR) is 78.9 cm³/mol. The van der Waals surface area contributed by atoms with E-state index in [1.807, 2.05) is 0 Å². The molecule has 1 aromatic rings. The lowest BCUT2D eigenvalue weighted by molar-refractivity contribution is 0.374. The number of nitrogens with zero attached hydrogens (tertiary/aromatic N) is 1. The van der Waals surface area contributed by atoms with Gasteiger partial charge in [-0.25, -0.2) is 4.98 Å². The van der Waals surface area contributed by atoms with Crippen molar-refractivity contribution in [2.75, 3.05) is 0 Å². The first-order chi connectivity index (χ1) is 8.31. The monoisotopic (exact) mass is 266 g/mol. The van der Waals surface area contributed by atoms with Crippen molar-refractivity contribution in [1.29, 1.82) is 0 Å². The van der Waals surface area contributed by atoms with Gasteiger partial charge in [0.05, 0.1) is 11.2 Å². The molecule has 0 aromatic carbocycles. The molecule has 1 aliphatic rings. The minimum absolute atomic E-state index is 0.128. The average Bonchev–Trinajstić information content (AvgIpc) is 2.70. The highest BCUT2D eigenvalue weighted by molar-refractivity contribution is 7.09. The molecule has 1 fully saturated rings. The number of thiazole rings is 1. The summed E-state index contributed by atoms with van der Waals surface area (Å²) in [4.78, 5) is 4.84. The molecule has 0 spiro atoms. The molecule has 0 aliphatic heterocycles. The van der Waals surface area contributed by atoms with Crippen LogP contribution in [0.2, 0.25) is 0 Å². The normalized spacial score (nSPS) is 30.2. The van der Waals surface area contributed by atoms with E-state index in [0.717, 1.165) is 23.8 Å². The van der Waals surface area contributed by atoms with Crippen molar-refractivity contribution >= 4 is 11.3 Å². The molecule has 3 heteroatoms. The van der Waals surface area contributed by atoms with Gasteiger partial charge < -0.3 is 5.73 Å². The summed E-state index contributed by atoms with van der Waals surface area (Å²) in [6.07, 6.45) is 5.97. The molecule has 2 unspecified atom stereocenters. The SMILES string of the molecule is CC1CCCC(N)(c2nc(C(C)(C)C)cs2)CC1. The van der Waals surface area contributed by atoms with Crippen LogP contribution in [0.15, 0.2) is 5.38 Å². The smallest absolute Gasteiger partial charge is 0.113 e. The molecule has 0 saturated heterocycles. The van der Waals surface area contributed by atoms with Crippen molar-refractivity contribution in [2.24, 2.45) is 11.7 Å². The van der Waals surface area contributed by atoms with Crippen molar-refractivity contribution in [3.63, 3.8) is 0 Å². The Balaban J connectivity index is 2.21. The van der Waals surface area contributed by atoms with Crippen molar-refractivity contribution in [3.05, 3.63) is 16.1 Å². The fourth-order valence-electron chi connectivity index (χ4n) is 2.60. The van der Waals surface area contributed by atoms with Gasteiger partial charge in [-0.1, -0.05) is 40.5 Å². The predicted octanol–water partition coefficient (Wildman–Crippen LogP) is 4.19. The number of rotatable bonds is 1. The van der Waals surface area contributed by atoms with Crippen LogP contribution < -0.4 is 5.73 Å². The molecule has 2 rings (SSSR count). The van der Waals surface area contributed by atoms with Gasteiger partial charge in [-0.3, -0.25) is 0 Å². The molecule has 1 aromatic heterocycles. The largest absolute Gasteiger partial charge is 0.319 e. The van der Waals surface area contributed by atoms with Gasteiger partial charge in [-0.2, -0.15) is 0 Å². The Labute approximate surface area is 115 Å². The van der Waals surface area contributed by atoms with Crippen LogP contribution in [0.25, 0.3) is 0 Å². The van der Waals surface area contributed by atoms with E-state index in [1.165, 1.54) is 25.0 Å². The third kappa shape index (κ3) is 2.94. The number of hydrogen-bond donors (Lipinski definition) is 1. The summed E-state index contributed by atoms with van der Waals surface area (Å²) in [5.74, 6) is 0.817. The molecule has 1 heterocycles. The van der Waals surface area contributed by atoms with Gasteiger partial charge in [0.1, 0.15) is 5.01 Å². The highest BCUT2D eigenvalue weighted by Gasteiger charge is 2.33. The van der Waals surface area contributed by atoms with Crippen LogP contribution in [-0.4, -0.2) is 4.98 Å². The van der Waals surface area contributed by atoms with Gasteiger partial charge >= 0.3 is 0 Å². The Morgan fingerprint density at radius 3 is 2.67 bits per heavy atom. The van der Waals surface area contributed by atoms with Crippen LogP contribution in [-0.2, 0) is 11.0 Å². The number of hydrogen-bond acceptors (Lipinski definition) is 3. The van der Waals surface area contributed by atoms with Crippen molar-refractivity contribution in [3.8, 4) is 0 Å². The fraction of sp³-hybridized carbons (Fsp3) is 0.800. The minimum Gasteiger partial charge on any atom is -0.319 e. The number of nitrogens with two attached hydrogens (primary N) is 1. The minimum atomic E-state index is -0.168. The van der Waals surface area contributed by atoms with Crippen LogP contribution in [0, 0.1) is 5.92 Å². The molecule has 102 valence electrons. The maximum Gasteiger partial charge on any atom is 0.113 e. The second-order valence-corrected chi connectivity index (χ2v) is 7.84. The van der Waals surface area contributed by atoms with Crippen LogP contribution in [0.1, 0.15) is 70.5 Å². The summed E-state index contributed by atoms with van der Waals surface area (Å²) in [5, 5.41) is 3.35. The van der Waals surface area contributed by atoms with Gasteiger partial charge in [-0.15, -0.1) is 11.3 Å². The topological polar surface area (TPSA) is 38.9 Å². The van der Waals surface area contributed by atoms with E-state index < -0.39 is 0 Å². The van der Waals surface area contributed by atoms with Crippen LogP contribution >= 0.6 is 11.3 Å². The van der Waals surface area contributed by atoms with E-state index in [0.29, 0.717) is 0 Å². The zero-order valence-corrected chi connectivity index (χ0v) is 12.9. The summed E-state index contributed by atoms with van der Waals surface area (Å²) < 4.78 is 0. The lowest BCUT2D eigenvalue weighted by atomic mass is 9.90. The first-order valence-electron chi connectivity index (χ1n) is 7.07. The zero-order valence-electron chi connectivity index (χ0n) is 12.1. The molecule has 1 aliphatic carbocycles. The molecular weight excluding hydrogens is 240 g/mol. The number of aromatic nitrogens is 1. The Hall–Kier alpha value is -0.410. The van der Waals surface area contributed by atoms with Crippen molar-refractivity contribution in [1.82, 2.24) is 4.98 Å². The van der Waals surface area contributed by atoms with E-state index in [1.54, 1.807) is 11.3 Å². The van der Waals surface area contributed by atoms with Crippen molar-refractivity contribution < 1.29 is 0 Å². The van der Waals surface area contributed by atoms with Gasteiger partial charge in [0.25, 0.3) is 0 Å². The Bertz CT molecular complexity index is 405. The summed E-state index contributed by atoms with van der Waals surface area (Å²) >= 11 is 1.76. The van der Waals surface area contributed by atoms with E-state index in [9.17, 15) is 0 Å². The third-order valence-corrected chi connectivity index (χ3v) is 5.16. The fourth-order valence-corrected chi connectivity index (χ4v) is 3.82. The van der Waals surface area contributed by atoms with Crippen molar-refractivity contribution in [2.45, 2.75) is 70.8 Å². The molecular formula is C15H26N2S. The molecule has 0 bridgehead atoms. The summed E-state index contributed by atoms with van der Waals surface area (Å²) in [6, 6.07) is 0. The van der Waals surface area contributed by atoms with E-state index in [2.05, 4.69) is 33.1 Å². The molecule has 2 N–H and O–H groups in total. The Kier molecular flexibility index (Phi) is 3.84. The second kappa shape index (κ2) is 4.93. The van der Waals surface area contributed by atoms with E-state index in [4.69, 9.17) is 10.7 Å². The summed E-state index contributed by atoms with van der Waals surface area (Å²) in [6.45, 7) is 8.98. The lowest BCUT2D eigenvalue weighted by Gasteiger charge is -2.26. The average molecular weight is 266 g/mol. The van der Waals surface area contributed by atoms with E-state index in [-0.39, 0.29) is 11.0 Å². The van der Waals surface area contributed by atoms with Gasteiger partial charge in [0.2, 0.25) is 0 Å². The maximum atomic E-state index is 6.65. The van der Waals surface area contributed by atoms with Crippen LogP contribution in [0.5, 0.6) is 0 Å². The first-order valence-corrected chi connectivity index (χ1v) is 7.94. The van der Waals surface area contributed by atoms with Crippen LogP contribution in [0.3, 0.4) is 0 Å².